The normalized spacial score (nSPS) is 16.9. The van der Waals surface area contributed by atoms with Gasteiger partial charge in [0.15, 0.2) is 0 Å². The Kier molecular flexibility index (Phi) is 7.18. The number of rotatable bonds is 6. The van der Waals surface area contributed by atoms with Crippen LogP contribution in [-0.4, -0.2) is 47.0 Å². The van der Waals surface area contributed by atoms with Gasteiger partial charge in [-0.1, -0.05) is 39.0 Å². The maximum Gasteiger partial charge on any atom is 0.293 e. The Morgan fingerprint density at radius 1 is 1.24 bits per heavy atom. The molecule has 2 N–H and O–H groups in total. The van der Waals surface area contributed by atoms with E-state index in [1.54, 1.807) is 33.8 Å². The van der Waals surface area contributed by atoms with Crippen molar-refractivity contribution in [2.45, 2.75) is 33.7 Å². The Morgan fingerprint density at radius 2 is 1.90 bits per heavy atom. The first-order chi connectivity index (χ1) is 13.5. The van der Waals surface area contributed by atoms with Gasteiger partial charge in [0.2, 0.25) is 11.8 Å². The number of imide groups is 1. The van der Waals surface area contributed by atoms with Crippen molar-refractivity contribution in [1.29, 1.82) is 0 Å². The molecule has 156 valence electrons. The lowest BCUT2D eigenvalue weighted by Crippen LogP contribution is -2.49. The number of nitrogens with one attached hydrogen (secondary N) is 2. The summed E-state index contributed by atoms with van der Waals surface area (Å²) in [6.07, 6.45) is 1.34. The third-order valence-corrected chi connectivity index (χ3v) is 5.03. The van der Waals surface area contributed by atoms with E-state index in [2.05, 4.69) is 10.6 Å². The number of hydrogen-bond donors (Lipinski definition) is 2. The van der Waals surface area contributed by atoms with E-state index in [0.717, 1.165) is 16.7 Å². The number of nitrogens with zero attached hydrogens (tertiary/aromatic N) is 1. The fraction of sp³-hybridized carbons (Fsp3) is 0.400. The Morgan fingerprint density at radius 3 is 2.52 bits per heavy atom. The average Bonchev–Trinajstić information content (AvgIpc) is 2.90. The molecule has 1 unspecified atom stereocenters. The molecule has 0 aliphatic carbocycles. The molecule has 1 aromatic rings. The van der Waals surface area contributed by atoms with Crippen LogP contribution < -0.4 is 10.6 Å². The van der Waals surface area contributed by atoms with Crippen LogP contribution in [0.1, 0.15) is 33.3 Å². The lowest BCUT2D eigenvalue weighted by molar-refractivity contribution is -0.133. The minimum absolute atomic E-state index is 0.0229. The Balaban J connectivity index is 1.90. The van der Waals surface area contributed by atoms with Crippen molar-refractivity contribution in [3.05, 3.63) is 40.6 Å². The van der Waals surface area contributed by atoms with E-state index in [0.29, 0.717) is 0 Å². The molecule has 1 heterocycles. The topological polar surface area (TPSA) is 95.6 Å². The summed E-state index contributed by atoms with van der Waals surface area (Å²) in [4.78, 5) is 49.7. The Labute approximate surface area is 173 Å². The van der Waals surface area contributed by atoms with E-state index in [1.165, 1.54) is 24.3 Å². The van der Waals surface area contributed by atoms with Gasteiger partial charge in [-0.15, -0.1) is 0 Å². The molecule has 2 rings (SSSR count). The van der Waals surface area contributed by atoms with Crippen LogP contribution in [0.2, 0.25) is 0 Å². The van der Waals surface area contributed by atoms with Crippen molar-refractivity contribution in [3.8, 4) is 0 Å². The summed E-state index contributed by atoms with van der Waals surface area (Å²) in [6.45, 7) is 6.78. The minimum Gasteiger partial charge on any atom is -0.353 e. The molecule has 0 spiro atoms. The molecule has 1 atom stereocenters. The van der Waals surface area contributed by atoms with E-state index in [-0.39, 0.29) is 29.5 Å². The second-order valence-electron chi connectivity index (χ2n) is 7.59. The summed E-state index contributed by atoms with van der Waals surface area (Å²) >= 11 is 0.724. The Hall–Kier alpha value is -2.68. The molecular weight excluding hydrogens is 397 g/mol. The highest BCUT2D eigenvalue weighted by molar-refractivity contribution is 8.18. The highest BCUT2D eigenvalue weighted by Crippen LogP contribution is 2.32. The minimum atomic E-state index is -0.752. The van der Waals surface area contributed by atoms with Gasteiger partial charge in [0.25, 0.3) is 11.1 Å². The largest absolute Gasteiger partial charge is 0.353 e. The van der Waals surface area contributed by atoms with Gasteiger partial charge in [0.1, 0.15) is 11.9 Å². The number of thioether (sulfide) groups is 1. The van der Waals surface area contributed by atoms with E-state index in [4.69, 9.17) is 0 Å². The van der Waals surface area contributed by atoms with E-state index < -0.39 is 34.3 Å². The van der Waals surface area contributed by atoms with Crippen molar-refractivity contribution in [2.24, 2.45) is 5.41 Å². The van der Waals surface area contributed by atoms with Crippen LogP contribution in [0.15, 0.2) is 29.2 Å². The molecule has 0 aromatic heterocycles. The Bertz CT molecular complexity index is 864. The molecule has 1 aliphatic rings. The van der Waals surface area contributed by atoms with Crippen LogP contribution in [0.5, 0.6) is 0 Å². The zero-order valence-electron chi connectivity index (χ0n) is 16.7. The van der Waals surface area contributed by atoms with E-state index in [1.807, 2.05) is 0 Å². The molecule has 0 bridgehead atoms. The van der Waals surface area contributed by atoms with Crippen molar-refractivity contribution >= 4 is 40.8 Å². The zero-order valence-corrected chi connectivity index (χ0v) is 17.6. The molecule has 0 radical (unpaired) electrons. The summed E-state index contributed by atoms with van der Waals surface area (Å²) in [5, 5.41) is 4.72. The van der Waals surface area contributed by atoms with Crippen LogP contribution in [-0.2, 0) is 14.4 Å². The van der Waals surface area contributed by atoms with Gasteiger partial charge < -0.3 is 10.6 Å². The third-order valence-electron chi connectivity index (χ3n) is 4.12. The quantitative estimate of drug-likeness (QED) is 0.689. The predicted molar refractivity (Wildman–Crippen MR) is 109 cm³/mol. The molecule has 1 saturated heterocycles. The third kappa shape index (κ3) is 5.90. The van der Waals surface area contributed by atoms with Gasteiger partial charge in [-0.25, -0.2) is 4.39 Å². The molecule has 29 heavy (non-hydrogen) atoms. The number of carbonyl (C=O) groups excluding carboxylic acids is 4. The average molecular weight is 421 g/mol. The van der Waals surface area contributed by atoms with Crippen LogP contribution in [0.25, 0.3) is 6.08 Å². The van der Waals surface area contributed by atoms with Crippen molar-refractivity contribution < 1.29 is 23.6 Å². The summed E-state index contributed by atoms with van der Waals surface area (Å²) in [5.41, 5.74) is -0.407. The maximum atomic E-state index is 13.8. The van der Waals surface area contributed by atoms with Gasteiger partial charge in [0.05, 0.1) is 4.91 Å². The van der Waals surface area contributed by atoms with Crippen molar-refractivity contribution in [1.82, 2.24) is 15.5 Å². The molecule has 7 nitrogen and oxygen atoms in total. The molecule has 1 aliphatic heterocycles. The molecule has 0 saturated carbocycles. The van der Waals surface area contributed by atoms with Gasteiger partial charge in [-0.05, 0) is 30.8 Å². The molecular formula is C20H24FN3O4S. The fourth-order valence-corrected chi connectivity index (χ4v) is 3.20. The zero-order chi connectivity index (χ0) is 21.8. The van der Waals surface area contributed by atoms with Crippen LogP contribution in [0.4, 0.5) is 9.18 Å². The van der Waals surface area contributed by atoms with Gasteiger partial charge in [-0.2, -0.15) is 0 Å². The smallest absolute Gasteiger partial charge is 0.293 e. The maximum absolute atomic E-state index is 13.8. The number of hydrogen-bond acceptors (Lipinski definition) is 5. The van der Waals surface area contributed by atoms with Crippen LogP contribution >= 0.6 is 11.8 Å². The SMILES string of the molecule is CC(NC(=O)C(C)(C)C)C(=O)NCCN1C(=O)SC(=Cc2ccccc2F)C1=O. The highest BCUT2D eigenvalue weighted by Gasteiger charge is 2.35. The number of carbonyl (C=O) groups is 4. The summed E-state index contributed by atoms with van der Waals surface area (Å²) in [6, 6.07) is 5.19. The number of benzene rings is 1. The standard InChI is InChI=1S/C20H24FN3O4S/c1-12(23-18(27)20(2,3)4)16(25)22-9-10-24-17(26)15(29-19(24)28)11-13-7-5-6-8-14(13)21/h5-8,11-12H,9-10H2,1-4H3,(H,22,25)(H,23,27). The van der Waals surface area contributed by atoms with Crippen LogP contribution in [0, 0.1) is 11.2 Å². The summed E-state index contributed by atoms with van der Waals surface area (Å²) < 4.78 is 13.8. The fourth-order valence-electron chi connectivity index (χ4n) is 2.35. The highest BCUT2D eigenvalue weighted by atomic mass is 32.2. The first kappa shape index (κ1) is 22.6. The van der Waals surface area contributed by atoms with Crippen molar-refractivity contribution in [3.63, 3.8) is 0 Å². The second-order valence-corrected chi connectivity index (χ2v) is 8.58. The monoisotopic (exact) mass is 421 g/mol. The molecule has 9 heteroatoms. The number of halogens is 1. The molecule has 1 aromatic carbocycles. The number of amides is 4. The lowest BCUT2D eigenvalue weighted by Gasteiger charge is -2.21. The second kappa shape index (κ2) is 9.21. The molecule has 4 amide bonds. The molecule has 1 fully saturated rings. The predicted octanol–water partition coefficient (Wildman–Crippen LogP) is 2.53. The van der Waals surface area contributed by atoms with E-state index in [9.17, 15) is 23.6 Å². The lowest BCUT2D eigenvalue weighted by atomic mass is 9.95. The first-order valence-corrected chi connectivity index (χ1v) is 9.91. The summed E-state index contributed by atoms with van der Waals surface area (Å²) in [5.74, 6) is -1.70. The van der Waals surface area contributed by atoms with Crippen molar-refractivity contribution in [2.75, 3.05) is 13.1 Å². The van der Waals surface area contributed by atoms with E-state index >= 15 is 0 Å². The van der Waals surface area contributed by atoms with Gasteiger partial charge >= 0.3 is 0 Å². The van der Waals surface area contributed by atoms with Gasteiger partial charge in [-0.3, -0.25) is 24.1 Å². The van der Waals surface area contributed by atoms with Crippen LogP contribution in [0.3, 0.4) is 0 Å². The van der Waals surface area contributed by atoms with Gasteiger partial charge in [0, 0.05) is 24.1 Å². The summed E-state index contributed by atoms with van der Waals surface area (Å²) in [7, 11) is 0. The first-order valence-electron chi connectivity index (χ1n) is 9.09.